The SMILES string of the molecule is C=CCc1cc(Cl)ccc1C=C. The maximum Gasteiger partial charge on any atom is 0.0409 e. The molecule has 1 aromatic rings. The Balaban J connectivity index is 3.11. The number of hydrogen-bond acceptors (Lipinski definition) is 0. The highest BCUT2D eigenvalue weighted by Gasteiger charge is 1.97. The third-order valence-electron chi connectivity index (χ3n) is 1.69. The average molecular weight is 179 g/mol. The van der Waals surface area contributed by atoms with Gasteiger partial charge in [-0.1, -0.05) is 36.4 Å². The van der Waals surface area contributed by atoms with Crippen molar-refractivity contribution in [1.82, 2.24) is 0 Å². The van der Waals surface area contributed by atoms with Gasteiger partial charge in [-0.2, -0.15) is 0 Å². The van der Waals surface area contributed by atoms with Crippen LogP contribution >= 0.6 is 11.6 Å². The molecule has 0 N–H and O–H groups in total. The summed E-state index contributed by atoms with van der Waals surface area (Å²) in [6, 6.07) is 5.78. The van der Waals surface area contributed by atoms with E-state index in [0.29, 0.717) is 0 Å². The molecule has 1 aromatic carbocycles. The Bertz CT molecular complexity index is 300. The molecule has 0 bridgehead atoms. The fraction of sp³-hybridized carbons (Fsp3) is 0.0909. The lowest BCUT2D eigenvalue weighted by atomic mass is 10.1. The molecule has 0 aliphatic heterocycles. The van der Waals surface area contributed by atoms with Gasteiger partial charge in [-0.25, -0.2) is 0 Å². The summed E-state index contributed by atoms with van der Waals surface area (Å²) in [4.78, 5) is 0. The Hall–Kier alpha value is -1.01. The van der Waals surface area contributed by atoms with E-state index in [1.54, 1.807) is 0 Å². The van der Waals surface area contributed by atoms with Crippen LogP contribution in [0, 0.1) is 0 Å². The highest BCUT2D eigenvalue weighted by Crippen LogP contribution is 2.17. The molecular formula is C11H11Cl. The van der Waals surface area contributed by atoms with Crippen LogP contribution in [0.4, 0.5) is 0 Å². The van der Waals surface area contributed by atoms with Crippen LogP contribution in [0.1, 0.15) is 11.1 Å². The van der Waals surface area contributed by atoms with Crippen LogP contribution < -0.4 is 0 Å². The largest absolute Gasteiger partial charge is 0.103 e. The van der Waals surface area contributed by atoms with Crippen molar-refractivity contribution < 1.29 is 0 Å². The molecule has 0 unspecified atom stereocenters. The molecule has 12 heavy (non-hydrogen) atoms. The molecule has 62 valence electrons. The molecule has 0 spiro atoms. The van der Waals surface area contributed by atoms with Crippen LogP contribution in [-0.4, -0.2) is 0 Å². The van der Waals surface area contributed by atoms with E-state index >= 15 is 0 Å². The molecule has 0 heterocycles. The van der Waals surface area contributed by atoms with E-state index in [1.807, 2.05) is 30.4 Å². The van der Waals surface area contributed by atoms with Gasteiger partial charge in [0.25, 0.3) is 0 Å². The van der Waals surface area contributed by atoms with Gasteiger partial charge in [-0.3, -0.25) is 0 Å². The minimum absolute atomic E-state index is 0.762. The Morgan fingerprint density at radius 2 is 2.08 bits per heavy atom. The molecule has 0 atom stereocenters. The second-order valence-corrected chi connectivity index (χ2v) is 2.98. The van der Waals surface area contributed by atoms with Crippen LogP contribution in [0.2, 0.25) is 5.02 Å². The fourth-order valence-electron chi connectivity index (χ4n) is 1.11. The van der Waals surface area contributed by atoms with Crippen molar-refractivity contribution in [2.24, 2.45) is 0 Å². The molecule has 0 saturated heterocycles. The Morgan fingerprint density at radius 1 is 1.33 bits per heavy atom. The predicted molar refractivity (Wildman–Crippen MR) is 55.4 cm³/mol. The normalized spacial score (nSPS) is 9.42. The molecule has 0 amide bonds. The van der Waals surface area contributed by atoms with Gasteiger partial charge in [-0.15, -0.1) is 6.58 Å². The molecule has 0 aromatic heterocycles. The van der Waals surface area contributed by atoms with Gasteiger partial charge in [0.2, 0.25) is 0 Å². The minimum Gasteiger partial charge on any atom is -0.103 e. The molecule has 1 rings (SSSR count). The number of halogens is 1. The van der Waals surface area contributed by atoms with Gasteiger partial charge in [0.1, 0.15) is 0 Å². The molecule has 0 fully saturated rings. The van der Waals surface area contributed by atoms with E-state index in [9.17, 15) is 0 Å². The van der Waals surface area contributed by atoms with E-state index < -0.39 is 0 Å². The first kappa shape index (κ1) is 9.08. The van der Waals surface area contributed by atoms with Gasteiger partial charge >= 0.3 is 0 Å². The van der Waals surface area contributed by atoms with E-state index in [4.69, 9.17) is 11.6 Å². The summed E-state index contributed by atoms with van der Waals surface area (Å²) < 4.78 is 0. The first-order valence-electron chi connectivity index (χ1n) is 3.79. The summed E-state index contributed by atoms with van der Waals surface area (Å²) in [5.74, 6) is 0. The van der Waals surface area contributed by atoms with Crippen LogP contribution in [0.5, 0.6) is 0 Å². The van der Waals surface area contributed by atoms with Gasteiger partial charge < -0.3 is 0 Å². The summed E-state index contributed by atoms with van der Waals surface area (Å²) in [5.41, 5.74) is 2.30. The van der Waals surface area contributed by atoms with Crippen molar-refractivity contribution in [2.45, 2.75) is 6.42 Å². The molecular weight excluding hydrogens is 168 g/mol. The van der Waals surface area contributed by atoms with E-state index in [-0.39, 0.29) is 0 Å². The molecule has 1 heteroatoms. The van der Waals surface area contributed by atoms with Gasteiger partial charge in [0.05, 0.1) is 0 Å². The van der Waals surface area contributed by atoms with E-state index in [0.717, 1.165) is 17.0 Å². The van der Waals surface area contributed by atoms with Gasteiger partial charge in [0.15, 0.2) is 0 Å². The number of benzene rings is 1. The zero-order valence-corrected chi connectivity index (χ0v) is 7.64. The van der Waals surface area contributed by atoms with E-state index in [2.05, 4.69) is 13.2 Å². The quantitative estimate of drug-likeness (QED) is 0.619. The summed E-state index contributed by atoms with van der Waals surface area (Å²) in [5, 5.41) is 0.762. The van der Waals surface area contributed by atoms with Crippen LogP contribution in [-0.2, 0) is 6.42 Å². The highest BCUT2D eigenvalue weighted by atomic mass is 35.5. The molecule has 0 aliphatic carbocycles. The number of allylic oxidation sites excluding steroid dienone is 1. The summed E-state index contributed by atoms with van der Waals surface area (Å²) in [6.07, 6.45) is 4.52. The van der Waals surface area contributed by atoms with Crippen LogP contribution in [0.3, 0.4) is 0 Å². The van der Waals surface area contributed by atoms with Crippen molar-refractivity contribution in [3.8, 4) is 0 Å². The zero-order chi connectivity index (χ0) is 8.97. The highest BCUT2D eigenvalue weighted by molar-refractivity contribution is 6.30. The smallest absolute Gasteiger partial charge is 0.0409 e. The van der Waals surface area contributed by atoms with Gasteiger partial charge in [-0.05, 0) is 29.7 Å². The molecule has 0 nitrogen and oxygen atoms in total. The first-order chi connectivity index (χ1) is 5.77. The van der Waals surface area contributed by atoms with E-state index in [1.165, 1.54) is 5.56 Å². The molecule has 0 aliphatic rings. The lowest BCUT2D eigenvalue weighted by Crippen LogP contribution is -1.85. The van der Waals surface area contributed by atoms with Gasteiger partial charge in [0, 0.05) is 5.02 Å². The lowest BCUT2D eigenvalue weighted by molar-refractivity contribution is 1.26. The summed E-state index contributed by atoms with van der Waals surface area (Å²) >= 11 is 5.84. The standard InChI is InChI=1S/C11H11Cl/c1-3-5-10-8-11(12)7-6-9(10)4-2/h3-4,6-8H,1-2,5H2. The second-order valence-electron chi connectivity index (χ2n) is 2.54. The number of rotatable bonds is 3. The fourth-order valence-corrected chi connectivity index (χ4v) is 1.30. The summed E-state index contributed by atoms with van der Waals surface area (Å²) in [7, 11) is 0. The van der Waals surface area contributed by atoms with Crippen molar-refractivity contribution in [1.29, 1.82) is 0 Å². The maximum atomic E-state index is 5.84. The molecule has 0 radical (unpaired) electrons. The Labute approximate surface area is 78.2 Å². The monoisotopic (exact) mass is 178 g/mol. The zero-order valence-electron chi connectivity index (χ0n) is 6.89. The minimum atomic E-state index is 0.762. The topological polar surface area (TPSA) is 0 Å². The van der Waals surface area contributed by atoms with Crippen LogP contribution in [0.25, 0.3) is 6.08 Å². The lowest BCUT2D eigenvalue weighted by Gasteiger charge is -2.02. The van der Waals surface area contributed by atoms with Crippen LogP contribution in [0.15, 0.2) is 37.4 Å². The molecule has 0 saturated carbocycles. The second kappa shape index (κ2) is 4.13. The van der Waals surface area contributed by atoms with Crippen molar-refractivity contribution in [2.75, 3.05) is 0 Å². The number of hydrogen-bond donors (Lipinski definition) is 0. The predicted octanol–water partition coefficient (Wildman–Crippen LogP) is 3.71. The maximum absolute atomic E-state index is 5.84. The van der Waals surface area contributed by atoms with Crippen molar-refractivity contribution in [3.63, 3.8) is 0 Å². The van der Waals surface area contributed by atoms with Crippen molar-refractivity contribution in [3.05, 3.63) is 53.6 Å². The Morgan fingerprint density at radius 3 is 2.67 bits per heavy atom. The van der Waals surface area contributed by atoms with Crippen molar-refractivity contribution >= 4 is 17.7 Å². The third-order valence-corrected chi connectivity index (χ3v) is 1.92. The Kier molecular flexibility index (Phi) is 3.12. The average Bonchev–Trinajstić information content (AvgIpc) is 2.05. The first-order valence-corrected chi connectivity index (χ1v) is 4.17. The third kappa shape index (κ3) is 1.99. The summed E-state index contributed by atoms with van der Waals surface area (Å²) in [6.45, 7) is 7.41.